The molecule has 0 bridgehead atoms. The lowest BCUT2D eigenvalue weighted by Crippen LogP contribution is -2.34. The molecule has 0 aliphatic heterocycles. The lowest BCUT2D eigenvalue weighted by Gasteiger charge is -2.29. The zero-order valence-electron chi connectivity index (χ0n) is 10.0. The van der Waals surface area contributed by atoms with Gasteiger partial charge in [-0.25, -0.2) is 0 Å². The van der Waals surface area contributed by atoms with Crippen LogP contribution in [0.3, 0.4) is 0 Å². The van der Waals surface area contributed by atoms with E-state index in [1.165, 1.54) is 0 Å². The maximum absolute atomic E-state index is 8.58. The van der Waals surface area contributed by atoms with E-state index < -0.39 is 0 Å². The Morgan fingerprint density at radius 3 is 2.14 bits per heavy atom. The van der Waals surface area contributed by atoms with Crippen LogP contribution >= 0.6 is 0 Å². The van der Waals surface area contributed by atoms with Gasteiger partial charge in [-0.2, -0.15) is 0 Å². The third kappa shape index (κ3) is 7.30. The van der Waals surface area contributed by atoms with Crippen LogP contribution in [0, 0.1) is 5.92 Å². The number of aliphatic hydroxyl groups excluding tert-OH is 1. The van der Waals surface area contributed by atoms with Gasteiger partial charge in [0, 0.05) is 0 Å². The van der Waals surface area contributed by atoms with Gasteiger partial charge in [0.15, 0.2) is 0 Å². The largest absolute Gasteiger partial charge is 0.394 e. The Morgan fingerprint density at radius 2 is 1.79 bits per heavy atom. The molecule has 0 saturated carbocycles. The van der Waals surface area contributed by atoms with Gasteiger partial charge in [0.25, 0.3) is 0 Å². The van der Waals surface area contributed by atoms with Crippen LogP contribution in [0.2, 0.25) is 0 Å². The van der Waals surface area contributed by atoms with Gasteiger partial charge in [0.05, 0.1) is 31.5 Å². The third-order valence-electron chi connectivity index (χ3n) is 1.77. The van der Waals surface area contributed by atoms with E-state index >= 15 is 0 Å². The molecule has 0 aromatic heterocycles. The van der Waals surface area contributed by atoms with Crippen molar-refractivity contribution in [3.63, 3.8) is 0 Å². The van der Waals surface area contributed by atoms with Gasteiger partial charge >= 0.3 is 0 Å². The Hall–Kier alpha value is -0.120. The molecule has 0 aliphatic carbocycles. The summed E-state index contributed by atoms with van der Waals surface area (Å²) in [7, 11) is 0. The Labute approximate surface area is 87.4 Å². The third-order valence-corrected chi connectivity index (χ3v) is 1.77. The topological polar surface area (TPSA) is 38.7 Å². The van der Waals surface area contributed by atoms with Crippen molar-refractivity contribution in [3.05, 3.63) is 0 Å². The first-order chi connectivity index (χ1) is 6.37. The molecule has 1 atom stereocenters. The highest BCUT2D eigenvalue weighted by Gasteiger charge is 2.21. The quantitative estimate of drug-likeness (QED) is 0.671. The summed E-state index contributed by atoms with van der Waals surface area (Å²) in [6.45, 7) is 11.3. The van der Waals surface area contributed by atoms with E-state index in [1.807, 2.05) is 20.8 Å². The van der Waals surface area contributed by atoms with Crippen LogP contribution in [0.25, 0.3) is 0 Å². The van der Waals surface area contributed by atoms with Gasteiger partial charge < -0.3 is 14.6 Å². The first-order valence-corrected chi connectivity index (χ1v) is 5.23. The predicted molar refractivity (Wildman–Crippen MR) is 57.4 cm³/mol. The molecule has 0 spiro atoms. The van der Waals surface area contributed by atoms with E-state index in [1.54, 1.807) is 0 Å². The van der Waals surface area contributed by atoms with Crippen molar-refractivity contribution in [2.45, 2.75) is 46.3 Å². The highest BCUT2D eigenvalue weighted by Crippen LogP contribution is 2.16. The minimum atomic E-state index is -0.141. The fraction of sp³-hybridized carbons (Fsp3) is 1.00. The van der Waals surface area contributed by atoms with Gasteiger partial charge in [-0.05, 0) is 26.7 Å². The van der Waals surface area contributed by atoms with Crippen molar-refractivity contribution >= 4 is 0 Å². The molecule has 0 heterocycles. The van der Waals surface area contributed by atoms with E-state index in [0.29, 0.717) is 19.1 Å². The summed E-state index contributed by atoms with van der Waals surface area (Å²) in [6, 6.07) is 0. The summed E-state index contributed by atoms with van der Waals surface area (Å²) in [6.07, 6.45) is 0.0987. The van der Waals surface area contributed by atoms with Crippen LogP contribution < -0.4 is 0 Å². The van der Waals surface area contributed by atoms with Gasteiger partial charge in [-0.3, -0.25) is 0 Å². The van der Waals surface area contributed by atoms with Gasteiger partial charge in [0.1, 0.15) is 0 Å². The summed E-state index contributed by atoms with van der Waals surface area (Å²) in [4.78, 5) is 0. The fourth-order valence-corrected chi connectivity index (χ4v) is 1.08. The molecule has 1 N–H and O–H groups in total. The summed E-state index contributed by atoms with van der Waals surface area (Å²) in [5.74, 6) is 0.424. The van der Waals surface area contributed by atoms with Crippen molar-refractivity contribution in [3.8, 4) is 0 Å². The minimum absolute atomic E-state index is 0.0698. The van der Waals surface area contributed by atoms with Crippen LogP contribution in [-0.4, -0.2) is 36.6 Å². The molecule has 0 fully saturated rings. The Bertz CT molecular complexity index is 138. The van der Waals surface area contributed by atoms with E-state index in [0.717, 1.165) is 0 Å². The van der Waals surface area contributed by atoms with Gasteiger partial charge in [0.2, 0.25) is 0 Å². The van der Waals surface area contributed by atoms with Crippen LogP contribution in [-0.2, 0) is 9.47 Å². The molecule has 0 aromatic carbocycles. The van der Waals surface area contributed by atoms with Crippen molar-refractivity contribution in [1.29, 1.82) is 0 Å². The zero-order valence-corrected chi connectivity index (χ0v) is 10.0. The first kappa shape index (κ1) is 13.9. The van der Waals surface area contributed by atoms with Crippen LogP contribution in [0.5, 0.6) is 0 Å². The molecule has 0 rings (SSSR count). The molecule has 1 unspecified atom stereocenters. The monoisotopic (exact) mass is 204 g/mol. The van der Waals surface area contributed by atoms with E-state index in [-0.39, 0.29) is 18.3 Å². The molecule has 0 saturated heterocycles. The smallest absolute Gasteiger partial charge is 0.0838 e. The first-order valence-electron chi connectivity index (χ1n) is 5.23. The number of hydrogen-bond acceptors (Lipinski definition) is 3. The van der Waals surface area contributed by atoms with Gasteiger partial charge in [-0.1, -0.05) is 13.8 Å². The summed E-state index contributed by atoms with van der Waals surface area (Å²) < 4.78 is 11.1. The Kier molecular flexibility index (Phi) is 6.33. The molecule has 0 radical (unpaired) electrons. The number of aliphatic hydroxyl groups is 1. The van der Waals surface area contributed by atoms with Crippen molar-refractivity contribution in [1.82, 2.24) is 0 Å². The van der Waals surface area contributed by atoms with E-state index in [9.17, 15) is 0 Å². The number of hydrogen-bond donors (Lipinski definition) is 1. The number of ether oxygens (including phenoxy) is 2. The molecule has 86 valence electrons. The summed E-state index contributed by atoms with van der Waals surface area (Å²) in [5, 5.41) is 8.58. The maximum atomic E-state index is 8.58. The average Bonchev–Trinajstić information content (AvgIpc) is 2.00. The standard InChI is InChI=1S/C11H24O3/c1-9(2)10(8-13-7-6-12)14-11(3,4)5/h9-10,12H,6-8H2,1-5H3. The van der Waals surface area contributed by atoms with Gasteiger partial charge in [-0.15, -0.1) is 0 Å². The molecule has 0 amide bonds. The Balaban J connectivity index is 3.91. The number of rotatable bonds is 6. The molecule has 14 heavy (non-hydrogen) atoms. The molecule has 3 nitrogen and oxygen atoms in total. The van der Waals surface area contributed by atoms with E-state index in [2.05, 4.69) is 13.8 Å². The average molecular weight is 204 g/mol. The van der Waals surface area contributed by atoms with Crippen molar-refractivity contribution in [2.24, 2.45) is 5.92 Å². The minimum Gasteiger partial charge on any atom is -0.394 e. The van der Waals surface area contributed by atoms with Crippen molar-refractivity contribution in [2.75, 3.05) is 19.8 Å². The maximum Gasteiger partial charge on any atom is 0.0838 e. The predicted octanol–water partition coefficient (Wildman–Crippen LogP) is 1.83. The fourth-order valence-electron chi connectivity index (χ4n) is 1.08. The second-order valence-electron chi connectivity index (χ2n) is 4.81. The van der Waals surface area contributed by atoms with E-state index in [4.69, 9.17) is 14.6 Å². The lowest BCUT2D eigenvalue weighted by molar-refractivity contribution is -0.112. The highest BCUT2D eigenvalue weighted by molar-refractivity contribution is 4.68. The van der Waals surface area contributed by atoms with Crippen molar-refractivity contribution < 1.29 is 14.6 Å². The lowest BCUT2D eigenvalue weighted by atomic mass is 10.1. The summed E-state index contributed by atoms with van der Waals surface area (Å²) in [5.41, 5.74) is -0.141. The zero-order chi connectivity index (χ0) is 11.2. The molecule has 3 heteroatoms. The van der Waals surface area contributed by atoms with Crippen LogP contribution in [0.1, 0.15) is 34.6 Å². The molecular formula is C11H24O3. The normalized spacial score (nSPS) is 14.8. The molecule has 0 aromatic rings. The second-order valence-corrected chi connectivity index (χ2v) is 4.81. The molecular weight excluding hydrogens is 180 g/mol. The molecule has 0 aliphatic rings. The summed E-state index contributed by atoms with van der Waals surface area (Å²) >= 11 is 0. The second kappa shape index (κ2) is 6.38. The van der Waals surface area contributed by atoms with Crippen LogP contribution in [0.15, 0.2) is 0 Å². The van der Waals surface area contributed by atoms with Crippen LogP contribution in [0.4, 0.5) is 0 Å². The highest BCUT2D eigenvalue weighted by atomic mass is 16.5. The Morgan fingerprint density at radius 1 is 1.21 bits per heavy atom. The SMILES string of the molecule is CC(C)C(COCCO)OC(C)(C)C.